The van der Waals surface area contributed by atoms with Crippen LogP contribution in [0.1, 0.15) is 0 Å². The van der Waals surface area contributed by atoms with Gasteiger partial charge in [0.05, 0.1) is 0 Å². The topological polar surface area (TPSA) is 243 Å². The second-order valence-electron chi connectivity index (χ2n) is 3.18. The first-order valence-electron chi connectivity index (χ1n) is 5.61. The van der Waals surface area contributed by atoms with E-state index in [1.165, 1.54) is 2.81 Å². The molecule has 0 aliphatic carbocycles. The molecule has 0 unspecified atom stereocenters. The molecule has 0 saturated heterocycles. The third-order valence-corrected chi connectivity index (χ3v) is 1.93. The van der Waals surface area contributed by atoms with Gasteiger partial charge in [0.25, 0.3) is 0 Å². The maximum atomic E-state index is 7.17. The van der Waals surface area contributed by atoms with E-state index in [1.807, 2.05) is 12.1 Å². The van der Waals surface area contributed by atoms with E-state index in [0.29, 0.717) is 0 Å². The van der Waals surface area contributed by atoms with Gasteiger partial charge in [-0.3, -0.25) is 0 Å². The number of hydrogen-bond acceptors (Lipinski definition) is 12. The summed E-state index contributed by atoms with van der Waals surface area (Å²) in [6.07, 6.45) is 0. The predicted octanol–water partition coefficient (Wildman–Crippen LogP) is -7.07. The molecule has 0 aliphatic rings. The standard InChI is InChI=1S/C6H4Cl.4BH3O3.Na/c7-6-4-2-1-3-5-6;4*2-1(3)4;/h2-5H;4*2-4H;. The van der Waals surface area contributed by atoms with Crippen molar-refractivity contribution >= 4 is 71.6 Å². The molecule has 0 bridgehead atoms. The van der Waals surface area contributed by atoms with Gasteiger partial charge in [-0.1, -0.05) is 0 Å². The summed E-state index contributed by atoms with van der Waals surface area (Å²) < 4.78 is 1.38. The van der Waals surface area contributed by atoms with Crippen LogP contribution in [-0.4, -0.2) is 118 Å². The van der Waals surface area contributed by atoms with E-state index < -0.39 is 29.3 Å². The van der Waals surface area contributed by atoms with Crippen LogP contribution in [0.4, 0.5) is 0 Å². The summed E-state index contributed by atoms with van der Waals surface area (Å²) in [5.74, 6) is 0. The van der Waals surface area contributed by atoms with Crippen LogP contribution in [0.2, 0.25) is 5.02 Å². The van der Waals surface area contributed by atoms with Crippen molar-refractivity contribution in [1.29, 1.82) is 0 Å². The van der Waals surface area contributed by atoms with Crippen LogP contribution in [0.3, 0.4) is 0 Å². The van der Waals surface area contributed by atoms with Crippen molar-refractivity contribution in [3.05, 3.63) is 29.3 Å². The molecule has 0 heterocycles. The van der Waals surface area contributed by atoms with Crippen molar-refractivity contribution in [2.75, 3.05) is 0 Å². The molecule has 0 fully saturated rings. The summed E-state index contributed by atoms with van der Waals surface area (Å²) in [7, 11) is -8.67. The van der Waals surface area contributed by atoms with E-state index in [0.717, 1.165) is 33.0 Å². The normalized spacial score (nSPS) is 7.62. The van der Waals surface area contributed by atoms with Gasteiger partial charge in [-0.2, -0.15) is 0 Å². The van der Waals surface area contributed by atoms with Gasteiger partial charge in [-0.15, -0.1) is 0 Å². The maximum absolute atomic E-state index is 7.17. The van der Waals surface area contributed by atoms with Gasteiger partial charge < -0.3 is 60.3 Å². The first-order chi connectivity index (χ1) is 10.7. The Balaban J connectivity index is -0.000000110. The van der Waals surface area contributed by atoms with Gasteiger partial charge in [-0.25, -0.2) is 0 Å². The quantitative estimate of drug-likeness (QED) is 0.187. The summed E-state index contributed by atoms with van der Waals surface area (Å²) in [4.78, 5) is 0. The molecule has 0 radical (unpaired) electrons. The van der Waals surface area contributed by atoms with Crippen molar-refractivity contribution < 1.29 is 60.3 Å². The van der Waals surface area contributed by atoms with Crippen LogP contribution < -0.4 is 2.81 Å². The van der Waals surface area contributed by atoms with E-state index in [4.69, 9.17) is 71.9 Å². The van der Waals surface area contributed by atoms with Crippen molar-refractivity contribution in [3.63, 3.8) is 0 Å². The Labute approximate surface area is 161 Å². The average molecular weight is 382 g/mol. The minimum atomic E-state index is -2.17. The summed E-state index contributed by atoms with van der Waals surface area (Å²) in [6.45, 7) is 0. The molecule has 0 amide bonds. The summed E-state index contributed by atoms with van der Waals surface area (Å²) in [5.41, 5.74) is 0. The molecule has 0 aliphatic heterocycles. The first-order valence-corrected chi connectivity index (χ1v) is 6.99. The van der Waals surface area contributed by atoms with Gasteiger partial charge in [0.2, 0.25) is 0 Å². The third-order valence-electron chi connectivity index (χ3n) is 1.01. The average Bonchev–Trinajstić information content (AvgIpc) is 2.30. The monoisotopic (exact) mass is 382 g/mol. The Bertz CT molecular complexity index is 289. The molecular weight excluding hydrogens is 366 g/mol. The van der Waals surface area contributed by atoms with Crippen LogP contribution in [0.25, 0.3) is 0 Å². The molecular formula is C6H16B4ClNaO12. The van der Waals surface area contributed by atoms with Gasteiger partial charge >= 0.3 is 101 Å². The molecule has 0 aromatic heterocycles. The van der Waals surface area contributed by atoms with Crippen LogP contribution in [0.15, 0.2) is 24.3 Å². The number of halogens is 1. The molecule has 0 saturated carbocycles. The first kappa shape index (κ1) is 32.0. The molecule has 132 valence electrons. The van der Waals surface area contributed by atoms with Crippen molar-refractivity contribution in [2.24, 2.45) is 0 Å². The van der Waals surface area contributed by atoms with Crippen LogP contribution in [0, 0.1) is 0 Å². The van der Waals surface area contributed by atoms with Crippen molar-refractivity contribution in [2.45, 2.75) is 0 Å². The zero-order chi connectivity index (χ0) is 20.3. The Morgan fingerprint density at radius 3 is 0.833 bits per heavy atom. The minimum absolute atomic E-state index is 0.824. The number of hydrogen-bond donors (Lipinski definition) is 12. The molecule has 0 spiro atoms. The van der Waals surface area contributed by atoms with Gasteiger partial charge in [0.15, 0.2) is 0 Å². The molecule has 1 aromatic rings. The third kappa shape index (κ3) is 95.4. The van der Waals surface area contributed by atoms with E-state index in [9.17, 15) is 0 Å². The molecule has 12 N–H and O–H groups in total. The molecule has 1 rings (SSSR count). The SMILES string of the molecule is OB(O)O.OB(O)O.OB(O)O.OB(O)O.[Na][c]1ccc(Cl)cc1. The number of benzene rings is 1. The zero-order valence-electron chi connectivity index (χ0n) is 12.4. The molecule has 12 nitrogen and oxygen atoms in total. The van der Waals surface area contributed by atoms with Crippen LogP contribution >= 0.6 is 11.6 Å². The van der Waals surface area contributed by atoms with Crippen molar-refractivity contribution in [3.8, 4) is 0 Å². The van der Waals surface area contributed by atoms with E-state index >= 15 is 0 Å². The fourth-order valence-corrected chi connectivity index (χ4v) is 0.993. The van der Waals surface area contributed by atoms with E-state index in [1.54, 1.807) is 0 Å². The van der Waals surface area contributed by atoms with Crippen molar-refractivity contribution in [1.82, 2.24) is 0 Å². The van der Waals surface area contributed by atoms with Crippen LogP contribution in [0.5, 0.6) is 0 Å². The second-order valence-corrected chi connectivity index (χ2v) is 4.77. The van der Waals surface area contributed by atoms with Crippen LogP contribution in [-0.2, 0) is 0 Å². The molecule has 1 aromatic carbocycles. The summed E-state index contributed by atoms with van der Waals surface area (Å²) >= 11 is 6.74. The Morgan fingerprint density at radius 1 is 0.542 bits per heavy atom. The molecule has 18 heteroatoms. The predicted molar refractivity (Wildman–Crippen MR) is 86.5 cm³/mol. The summed E-state index contributed by atoms with van der Waals surface area (Å²) in [6, 6.07) is 7.94. The Hall–Kier alpha value is 0.290. The Morgan fingerprint density at radius 2 is 0.708 bits per heavy atom. The summed E-state index contributed by atoms with van der Waals surface area (Å²) in [5, 5.41) is 86.8. The van der Waals surface area contributed by atoms with Gasteiger partial charge in [0, 0.05) is 0 Å². The second kappa shape index (κ2) is 23.3. The van der Waals surface area contributed by atoms with Gasteiger partial charge in [0.1, 0.15) is 0 Å². The zero-order valence-corrected chi connectivity index (χ0v) is 15.1. The molecule has 0 atom stereocenters. The van der Waals surface area contributed by atoms with E-state index in [2.05, 4.69) is 12.1 Å². The fourth-order valence-electron chi connectivity index (χ4n) is 0.533. The van der Waals surface area contributed by atoms with Gasteiger partial charge in [-0.05, 0) is 0 Å². The number of rotatable bonds is 0. The molecule has 24 heavy (non-hydrogen) atoms. The Kier molecular flexibility index (Phi) is 31.1. The fraction of sp³-hybridized carbons (Fsp3) is 0. The van der Waals surface area contributed by atoms with E-state index in [-0.39, 0.29) is 0 Å².